The first-order valence-electron chi connectivity index (χ1n) is 18.1. The minimum Gasteiger partial charge on any atom is -0.359 e. The zero-order valence-electron chi connectivity index (χ0n) is 30.4. The predicted octanol–water partition coefficient (Wildman–Crippen LogP) is 13.4. The summed E-state index contributed by atoms with van der Waals surface area (Å²) in [5.74, 6) is -1.71. The molecule has 0 saturated heterocycles. The molecule has 2 aliphatic carbocycles. The van der Waals surface area contributed by atoms with E-state index in [1.165, 1.54) is 22.8 Å². The molecule has 1 nitrogen and oxygen atoms in total. The monoisotopic (exact) mass is 685 g/mol. The number of halogens is 2. The molecule has 5 aromatic carbocycles. The fourth-order valence-electron chi connectivity index (χ4n) is 8.65. The van der Waals surface area contributed by atoms with Gasteiger partial charge in [0.15, 0.2) is 11.6 Å². The quantitative estimate of drug-likeness (QED) is 0.163. The number of rotatable bonds is 9. The molecule has 0 bridgehead atoms. The molecule has 3 atom stereocenters. The number of benzene rings is 5. The van der Waals surface area contributed by atoms with E-state index in [4.69, 9.17) is 0 Å². The Balaban J connectivity index is 1.17. The average molecular weight is 686 g/mol. The van der Waals surface area contributed by atoms with Crippen LogP contribution in [0.5, 0.6) is 0 Å². The molecule has 52 heavy (non-hydrogen) atoms. The Morgan fingerprint density at radius 2 is 1.50 bits per heavy atom. The third-order valence-corrected chi connectivity index (χ3v) is 11.2. The van der Waals surface area contributed by atoms with Gasteiger partial charge in [0.1, 0.15) is 0 Å². The average Bonchev–Trinajstić information content (AvgIpc) is 3.42. The number of nitrogens with one attached hydrogen (secondary N) is 1. The van der Waals surface area contributed by atoms with Crippen molar-refractivity contribution in [2.45, 2.75) is 46.0 Å². The maximum absolute atomic E-state index is 16.2. The van der Waals surface area contributed by atoms with Gasteiger partial charge in [-0.25, -0.2) is 8.78 Å². The molecule has 5 aromatic rings. The van der Waals surface area contributed by atoms with Gasteiger partial charge in [-0.15, -0.1) is 0 Å². The molecule has 0 amide bonds. The van der Waals surface area contributed by atoms with Crippen molar-refractivity contribution in [3.8, 4) is 22.3 Å². The van der Waals surface area contributed by atoms with Crippen LogP contribution in [0.1, 0.15) is 55.9 Å². The summed E-state index contributed by atoms with van der Waals surface area (Å²) >= 11 is 0. The van der Waals surface area contributed by atoms with Crippen molar-refractivity contribution in [1.82, 2.24) is 0 Å². The zero-order valence-corrected chi connectivity index (χ0v) is 30.4. The van der Waals surface area contributed by atoms with Crippen molar-refractivity contribution in [2.24, 2.45) is 11.3 Å². The maximum atomic E-state index is 16.2. The van der Waals surface area contributed by atoms with E-state index >= 15 is 8.78 Å². The summed E-state index contributed by atoms with van der Waals surface area (Å²) in [5.41, 5.74) is 10.9. The Bertz CT molecular complexity index is 2260. The van der Waals surface area contributed by atoms with Crippen LogP contribution in [0.25, 0.3) is 27.8 Å². The van der Waals surface area contributed by atoms with Gasteiger partial charge in [-0.3, -0.25) is 0 Å². The molecule has 0 fully saturated rings. The second-order valence-electron chi connectivity index (χ2n) is 14.5. The number of hydrogen-bond donors (Lipinski definition) is 1. The molecule has 2 unspecified atom stereocenters. The maximum Gasteiger partial charge on any atom is 0.162 e. The summed E-state index contributed by atoms with van der Waals surface area (Å²) in [6.45, 7) is 12.3. The molecule has 0 aliphatic heterocycles. The lowest BCUT2D eigenvalue weighted by molar-refractivity contribution is 0.199. The molecule has 260 valence electrons. The molecule has 1 N–H and O–H groups in total. The van der Waals surface area contributed by atoms with Gasteiger partial charge in [-0.05, 0) is 107 Å². The SMILES string of the molecule is C=CC1=CC[C@@](C)(C2(c3cc(C)cc(F)c3F)c3ccccc3/C(=C/C/C=C(\C)Nc3ccc(-c4cccc(-c5ccccc5)c4)cc3)C2C)C=C1. The van der Waals surface area contributed by atoms with Gasteiger partial charge in [0.2, 0.25) is 0 Å². The third kappa shape index (κ3) is 6.19. The van der Waals surface area contributed by atoms with E-state index in [9.17, 15) is 0 Å². The molecule has 0 radical (unpaired) electrons. The standard InChI is InChI=1S/C49H45F2N/c1-6-36-26-28-48(5,29-27-36)49(45-30-33(2)31-46(50)47(45)51)35(4)42(43-19-10-11-21-44(43)49)20-12-14-34(3)52-41-24-22-38(23-25-41)40-18-13-17-39(32-40)37-15-8-7-9-16-37/h6-11,13-28,30-32,35,52H,1,12,29H2,2-5H3/b34-14+,42-20+/t35?,48-,49?/m0/s1. The van der Waals surface area contributed by atoms with Gasteiger partial charge >= 0.3 is 0 Å². The number of fused-ring (bicyclic) bond motifs is 1. The van der Waals surface area contributed by atoms with Crippen LogP contribution in [0.3, 0.4) is 0 Å². The van der Waals surface area contributed by atoms with Crippen LogP contribution in [0.2, 0.25) is 0 Å². The molecule has 0 spiro atoms. The lowest BCUT2D eigenvalue weighted by Gasteiger charge is -2.50. The Labute approximate surface area is 307 Å². The lowest BCUT2D eigenvalue weighted by atomic mass is 9.52. The molecule has 0 aromatic heterocycles. The van der Waals surface area contributed by atoms with Crippen molar-refractivity contribution in [3.05, 3.63) is 203 Å². The topological polar surface area (TPSA) is 12.0 Å². The van der Waals surface area contributed by atoms with Gasteiger partial charge < -0.3 is 5.32 Å². The smallest absolute Gasteiger partial charge is 0.162 e. The van der Waals surface area contributed by atoms with Crippen LogP contribution in [-0.2, 0) is 5.41 Å². The van der Waals surface area contributed by atoms with Crippen molar-refractivity contribution >= 4 is 11.3 Å². The van der Waals surface area contributed by atoms with Crippen LogP contribution in [0.15, 0.2) is 170 Å². The first-order valence-corrected chi connectivity index (χ1v) is 18.1. The number of aryl methyl sites for hydroxylation is 1. The molecule has 0 heterocycles. The zero-order chi connectivity index (χ0) is 36.5. The van der Waals surface area contributed by atoms with Crippen LogP contribution in [0.4, 0.5) is 14.5 Å². The highest BCUT2D eigenvalue weighted by Gasteiger charge is 2.59. The van der Waals surface area contributed by atoms with Crippen LogP contribution < -0.4 is 5.32 Å². The van der Waals surface area contributed by atoms with Gasteiger partial charge in [0.05, 0.1) is 0 Å². The van der Waals surface area contributed by atoms with Gasteiger partial charge in [-0.1, -0.05) is 148 Å². The Kier molecular flexibility index (Phi) is 9.55. The van der Waals surface area contributed by atoms with E-state index in [0.29, 0.717) is 24.0 Å². The summed E-state index contributed by atoms with van der Waals surface area (Å²) in [6, 6.07) is 39.1. The largest absolute Gasteiger partial charge is 0.359 e. The molecule has 7 rings (SSSR count). The summed E-state index contributed by atoms with van der Waals surface area (Å²) in [5, 5.41) is 3.56. The summed E-state index contributed by atoms with van der Waals surface area (Å²) in [4.78, 5) is 0. The molecular formula is C49H45F2N. The Morgan fingerprint density at radius 1 is 0.827 bits per heavy atom. The number of allylic oxidation sites excluding steroid dienone is 9. The van der Waals surface area contributed by atoms with Gasteiger partial charge in [0.25, 0.3) is 0 Å². The van der Waals surface area contributed by atoms with E-state index in [1.54, 1.807) is 0 Å². The fourth-order valence-corrected chi connectivity index (χ4v) is 8.65. The van der Waals surface area contributed by atoms with E-state index in [-0.39, 0.29) is 5.92 Å². The molecule has 2 aliphatic rings. The third-order valence-electron chi connectivity index (χ3n) is 11.2. The predicted molar refractivity (Wildman–Crippen MR) is 215 cm³/mol. The minimum atomic E-state index is -0.842. The summed E-state index contributed by atoms with van der Waals surface area (Å²) in [6.07, 6.45) is 14.1. The summed E-state index contributed by atoms with van der Waals surface area (Å²) in [7, 11) is 0. The van der Waals surface area contributed by atoms with Crippen LogP contribution in [0, 0.1) is 29.9 Å². The van der Waals surface area contributed by atoms with Crippen LogP contribution in [-0.4, -0.2) is 0 Å². The van der Waals surface area contributed by atoms with Crippen molar-refractivity contribution in [2.75, 3.05) is 5.32 Å². The van der Waals surface area contributed by atoms with Crippen molar-refractivity contribution in [1.29, 1.82) is 0 Å². The molecule has 0 saturated carbocycles. The Morgan fingerprint density at radius 3 is 2.19 bits per heavy atom. The molecular weight excluding hydrogens is 641 g/mol. The first kappa shape index (κ1) is 34.9. The minimum absolute atomic E-state index is 0.136. The molecule has 3 heteroatoms. The lowest BCUT2D eigenvalue weighted by Crippen LogP contribution is -2.47. The highest BCUT2D eigenvalue weighted by molar-refractivity contribution is 5.81. The van der Waals surface area contributed by atoms with Crippen LogP contribution >= 0.6 is 0 Å². The van der Waals surface area contributed by atoms with Gasteiger partial charge in [0, 0.05) is 27.8 Å². The normalized spacial score (nSPS) is 21.9. The number of anilines is 1. The van der Waals surface area contributed by atoms with E-state index in [1.807, 2.05) is 37.3 Å². The highest BCUT2D eigenvalue weighted by atomic mass is 19.2. The number of hydrogen-bond acceptors (Lipinski definition) is 1. The van der Waals surface area contributed by atoms with Crippen molar-refractivity contribution < 1.29 is 8.78 Å². The summed E-state index contributed by atoms with van der Waals surface area (Å²) < 4.78 is 31.5. The van der Waals surface area contributed by atoms with E-state index in [0.717, 1.165) is 39.2 Å². The van der Waals surface area contributed by atoms with E-state index < -0.39 is 22.5 Å². The Hall–Kier alpha value is -5.54. The van der Waals surface area contributed by atoms with Crippen molar-refractivity contribution in [3.63, 3.8) is 0 Å². The fraction of sp³-hybridized carbons (Fsp3) is 0.184. The van der Waals surface area contributed by atoms with Gasteiger partial charge in [-0.2, -0.15) is 0 Å². The first-order chi connectivity index (χ1) is 25.1. The van der Waals surface area contributed by atoms with E-state index in [2.05, 4.69) is 148 Å². The second-order valence-corrected chi connectivity index (χ2v) is 14.5. The highest BCUT2D eigenvalue weighted by Crippen LogP contribution is 2.64. The second kappa shape index (κ2) is 14.2.